The van der Waals surface area contributed by atoms with Crippen molar-refractivity contribution in [1.29, 1.82) is 0 Å². The summed E-state index contributed by atoms with van der Waals surface area (Å²) in [6.07, 6.45) is 32.9. The van der Waals surface area contributed by atoms with Crippen molar-refractivity contribution in [2.45, 2.75) is 174 Å². The van der Waals surface area contributed by atoms with Crippen molar-refractivity contribution in [2.75, 3.05) is 24.2 Å². The molecule has 36 heavy (non-hydrogen) atoms. The number of hydrogen-bond donors (Lipinski definition) is 0. The van der Waals surface area contributed by atoms with E-state index in [4.69, 9.17) is 13.3 Å². The minimum Gasteiger partial charge on any atom is -0.374 e. The molecule has 5 heteroatoms. The maximum atomic E-state index is 5.96. The smallest absolute Gasteiger partial charge is 0.374 e. The maximum Gasteiger partial charge on any atom is 0.500 e. The van der Waals surface area contributed by atoms with Gasteiger partial charge in [0.15, 0.2) is 0 Å². The molecule has 0 aromatic carbocycles. The predicted octanol–water partition coefficient (Wildman–Crippen LogP) is 11.4. The van der Waals surface area contributed by atoms with Gasteiger partial charge in [0.25, 0.3) is 0 Å². The SMILES string of the molecule is CCO[Si](CCCCCCCCCCCCCCCCCCCCCCCCCI)(OCC)OCC. The average Bonchev–Trinajstić information content (AvgIpc) is 2.87. The van der Waals surface area contributed by atoms with E-state index in [0.29, 0.717) is 19.8 Å². The summed E-state index contributed by atoms with van der Waals surface area (Å²) in [5, 5.41) is 0. The van der Waals surface area contributed by atoms with Gasteiger partial charge in [-0.3, -0.25) is 0 Å². The molecule has 0 aliphatic carbocycles. The molecule has 0 aliphatic heterocycles. The minimum atomic E-state index is -2.41. The maximum absolute atomic E-state index is 5.96. The fourth-order valence-corrected chi connectivity index (χ4v) is 8.37. The summed E-state index contributed by atoms with van der Waals surface area (Å²) in [4.78, 5) is 0. The molecule has 0 saturated carbocycles. The highest BCUT2D eigenvalue weighted by molar-refractivity contribution is 14.1. The summed E-state index contributed by atoms with van der Waals surface area (Å²) >= 11 is 2.50. The lowest BCUT2D eigenvalue weighted by atomic mass is 10.0. The molecule has 3 nitrogen and oxygen atoms in total. The van der Waals surface area contributed by atoms with Crippen LogP contribution >= 0.6 is 22.6 Å². The first-order chi connectivity index (χ1) is 17.7. The van der Waals surface area contributed by atoms with Crippen molar-refractivity contribution in [2.24, 2.45) is 0 Å². The van der Waals surface area contributed by atoms with Crippen molar-refractivity contribution >= 4 is 31.4 Å². The molecule has 0 spiro atoms. The second-order valence-corrected chi connectivity index (χ2v) is 14.4. The van der Waals surface area contributed by atoms with E-state index in [9.17, 15) is 0 Å². The Morgan fingerprint density at radius 2 is 0.583 bits per heavy atom. The lowest BCUT2D eigenvalue weighted by molar-refractivity contribution is 0.0706. The Balaban J connectivity index is 3.30. The normalized spacial score (nSPS) is 12.0. The van der Waals surface area contributed by atoms with Gasteiger partial charge in [0.2, 0.25) is 0 Å². The fourth-order valence-electron chi connectivity index (χ4n) is 5.15. The molecule has 0 saturated heterocycles. The Kier molecular flexibility index (Phi) is 31.1. The molecular weight excluding hydrogens is 575 g/mol. The standard InChI is InChI=1S/C31H65IO3Si/c1-4-33-36(34-5-2,35-6-3)31-29-27-25-23-21-19-17-15-13-11-9-7-8-10-12-14-16-18-20-22-24-26-28-30-32/h4-31H2,1-3H3. The van der Waals surface area contributed by atoms with Gasteiger partial charge in [-0.25, -0.2) is 0 Å². The first-order valence-electron chi connectivity index (χ1n) is 16.2. The molecule has 0 N–H and O–H groups in total. The van der Waals surface area contributed by atoms with E-state index in [0.717, 1.165) is 6.04 Å². The number of unbranched alkanes of at least 4 members (excludes halogenated alkanes) is 22. The highest BCUT2D eigenvalue weighted by Crippen LogP contribution is 2.21. The average molecular weight is 641 g/mol. The van der Waals surface area contributed by atoms with Gasteiger partial charge in [-0.2, -0.15) is 0 Å². The third kappa shape index (κ3) is 25.1. The molecule has 0 heterocycles. The van der Waals surface area contributed by atoms with E-state index in [1.54, 1.807) is 0 Å². The highest BCUT2D eigenvalue weighted by atomic mass is 127. The number of rotatable bonds is 31. The van der Waals surface area contributed by atoms with Crippen LogP contribution < -0.4 is 0 Å². The second kappa shape index (κ2) is 30.4. The Bertz CT molecular complexity index is 394. The zero-order valence-corrected chi connectivity index (χ0v) is 28.1. The van der Waals surface area contributed by atoms with Crippen LogP contribution in [0.4, 0.5) is 0 Å². The van der Waals surface area contributed by atoms with Gasteiger partial charge in [0.1, 0.15) is 0 Å². The number of halogens is 1. The molecule has 0 aliphatic rings. The van der Waals surface area contributed by atoms with E-state index >= 15 is 0 Å². The zero-order valence-electron chi connectivity index (χ0n) is 24.9. The largest absolute Gasteiger partial charge is 0.500 e. The summed E-state index contributed by atoms with van der Waals surface area (Å²) in [5.41, 5.74) is 0. The van der Waals surface area contributed by atoms with Crippen LogP contribution in [0.3, 0.4) is 0 Å². The van der Waals surface area contributed by atoms with E-state index < -0.39 is 8.80 Å². The third-order valence-electron chi connectivity index (χ3n) is 7.21. The first kappa shape index (κ1) is 36.8. The highest BCUT2D eigenvalue weighted by Gasteiger charge is 2.39. The molecule has 0 atom stereocenters. The van der Waals surface area contributed by atoms with Crippen molar-refractivity contribution in [1.82, 2.24) is 0 Å². The Morgan fingerprint density at radius 1 is 0.361 bits per heavy atom. The summed E-state index contributed by atoms with van der Waals surface area (Å²) in [6, 6.07) is 0.974. The van der Waals surface area contributed by atoms with Crippen LogP contribution in [0.25, 0.3) is 0 Å². The molecular formula is C31H65IO3Si. The van der Waals surface area contributed by atoms with Gasteiger partial charge in [-0.05, 0) is 38.0 Å². The Labute approximate surface area is 242 Å². The summed E-state index contributed by atoms with van der Waals surface area (Å²) in [7, 11) is -2.41. The van der Waals surface area contributed by atoms with Gasteiger partial charge in [0, 0.05) is 25.9 Å². The zero-order chi connectivity index (χ0) is 26.4. The monoisotopic (exact) mass is 640 g/mol. The van der Waals surface area contributed by atoms with Gasteiger partial charge in [0.05, 0.1) is 0 Å². The van der Waals surface area contributed by atoms with Gasteiger partial charge in [-0.15, -0.1) is 0 Å². The minimum absolute atomic E-state index is 0.686. The molecule has 0 fully saturated rings. The van der Waals surface area contributed by atoms with Crippen LogP contribution in [0.5, 0.6) is 0 Å². The van der Waals surface area contributed by atoms with E-state index in [2.05, 4.69) is 22.6 Å². The van der Waals surface area contributed by atoms with E-state index in [1.165, 1.54) is 152 Å². The first-order valence-corrected chi connectivity index (χ1v) is 19.7. The molecule has 0 amide bonds. The lowest BCUT2D eigenvalue weighted by Gasteiger charge is -2.28. The van der Waals surface area contributed by atoms with Gasteiger partial charge in [-0.1, -0.05) is 157 Å². The topological polar surface area (TPSA) is 27.7 Å². The van der Waals surface area contributed by atoms with Crippen LogP contribution in [0.2, 0.25) is 6.04 Å². The Hall–Kier alpha value is 0.827. The quantitative estimate of drug-likeness (QED) is 0.0327. The predicted molar refractivity (Wildman–Crippen MR) is 171 cm³/mol. The molecule has 218 valence electrons. The van der Waals surface area contributed by atoms with Crippen molar-refractivity contribution in [3.63, 3.8) is 0 Å². The van der Waals surface area contributed by atoms with Gasteiger partial charge < -0.3 is 13.3 Å². The second-order valence-electron chi connectivity index (χ2n) is 10.6. The lowest BCUT2D eigenvalue weighted by Crippen LogP contribution is -2.45. The number of hydrogen-bond acceptors (Lipinski definition) is 3. The van der Waals surface area contributed by atoms with Crippen molar-refractivity contribution < 1.29 is 13.3 Å². The fraction of sp³-hybridized carbons (Fsp3) is 1.00. The van der Waals surface area contributed by atoms with Crippen LogP contribution in [0.1, 0.15) is 168 Å². The summed E-state index contributed by atoms with van der Waals surface area (Å²) in [5.74, 6) is 0. The summed E-state index contributed by atoms with van der Waals surface area (Å²) in [6.45, 7) is 8.18. The summed E-state index contributed by atoms with van der Waals surface area (Å²) < 4.78 is 19.2. The van der Waals surface area contributed by atoms with Crippen LogP contribution in [0.15, 0.2) is 0 Å². The molecule has 0 unspecified atom stereocenters. The molecule has 0 rings (SSSR count). The van der Waals surface area contributed by atoms with Crippen molar-refractivity contribution in [3.8, 4) is 0 Å². The van der Waals surface area contributed by atoms with E-state index in [1.807, 2.05) is 20.8 Å². The van der Waals surface area contributed by atoms with Gasteiger partial charge >= 0.3 is 8.80 Å². The Morgan fingerprint density at radius 3 is 0.806 bits per heavy atom. The molecule has 0 radical (unpaired) electrons. The van der Waals surface area contributed by atoms with Crippen LogP contribution in [-0.4, -0.2) is 33.1 Å². The van der Waals surface area contributed by atoms with Crippen LogP contribution in [-0.2, 0) is 13.3 Å². The molecule has 0 aromatic heterocycles. The third-order valence-corrected chi connectivity index (χ3v) is 11.1. The van der Waals surface area contributed by atoms with Crippen molar-refractivity contribution in [3.05, 3.63) is 0 Å². The molecule has 0 aromatic rings. The molecule has 0 bridgehead atoms. The number of alkyl halides is 1. The van der Waals surface area contributed by atoms with E-state index in [-0.39, 0.29) is 0 Å². The van der Waals surface area contributed by atoms with Crippen LogP contribution in [0, 0.1) is 0 Å².